The summed E-state index contributed by atoms with van der Waals surface area (Å²) >= 11 is 0. The molecule has 1 aliphatic carbocycles. The minimum atomic E-state index is -3.02. The largest absolute Gasteiger partial charge is 0.214 e. The van der Waals surface area contributed by atoms with E-state index >= 15 is 0 Å². The van der Waals surface area contributed by atoms with Gasteiger partial charge >= 0.3 is 0 Å². The third kappa shape index (κ3) is 2.53. The zero-order valence-electron chi connectivity index (χ0n) is 11.5. The Morgan fingerprint density at radius 1 is 1.24 bits per heavy atom. The van der Waals surface area contributed by atoms with Gasteiger partial charge in [0, 0.05) is 12.6 Å². The van der Waals surface area contributed by atoms with Crippen LogP contribution in [-0.4, -0.2) is 31.1 Å². The average molecular weight is 259 g/mol. The lowest BCUT2D eigenvalue weighted by Crippen LogP contribution is -2.38. The van der Waals surface area contributed by atoms with Gasteiger partial charge in [-0.15, -0.1) is 0 Å². The van der Waals surface area contributed by atoms with Crippen molar-refractivity contribution in [1.29, 1.82) is 0 Å². The summed E-state index contributed by atoms with van der Waals surface area (Å²) in [6.07, 6.45) is 3.94. The summed E-state index contributed by atoms with van der Waals surface area (Å²) in [5, 5.41) is 0. The van der Waals surface area contributed by atoms with Crippen molar-refractivity contribution >= 4 is 10.0 Å². The molecule has 0 radical (unpaired) electrons. The highest BCUT2D eigenvalue weighted by molar-refractivity contribution is 7.89. The molecule has 0 aromatic rings. The lowest BCUT2D eigenvalue weighted by Gasteiger charge is -2.39. The third-order valence-corrected chi connectivity index (χ3v) is 6.25. The third-order valence-electron chi connectivity index (χ3n) is 4.19. The van der Waals surface area contributed by atoms with Crippen LogP contribution in [0.3, 0.4) is 0 Å². The zero-order chi connectivity index (χ0) is 12.9. The first-order valence-electron chi connectivity index (χ1n) is 6.67. The van der Waals surface area contributed by atoms with Crippen LogP contribution in [0.25, 0.3) is 0 Å². The number of hydrogen-bond acceptors (Lipinski definition) is 2. The SMILES string of the molecule is CCCS(=O)(=O)N1CC2(C)CC1CC(C)(C)C2. The molecule has 2 rings (SSSR count). The second-order valence-electron chi connectivity index (χ2n) is 7.07. The summed E-state index contributed by atoms with van der Waals surface area (Å²) in [7, 11) is -3.02. The Labute approximate surface area is 106 Å². The van der Waals surface area contributed by atoms with Crippen LogP contribution in [0, 0.1) is 10.8 Å². The van der Waals surface area contributed by atoms with E-state index in [4.69, 9.17) is 0 Å². The van der Waals surface area contributed by atoms with Crippen LogP contribution in [-0.2, 0) is 10.0 Å². The van der Waals surface area contributed by atoms with Crippen molar-refractivity contribution in [3.63, 3.8) is 0 Å². The Morgan fingerprint density at radius 3 is 2.47 bits per heavy atom. The number of hydrogen-bond donors (Lipinski definition) is 0. The average Bonchev–Trinajstić information content (AvgIpc) is 2.35. The first-order chi connectivity index (χ1) is 7.68. The normalized spacial score (nSPS) is 37.3. The molecule has 2 fully saturated rings. The predicted molar refractivity (Wildman–Crippen MR) is 70.3 cm³/mol. The maximum Gasteiger partial charge on any atom is 0.214 e. The van der Waals surface area contributed by atoms with E-state index in [9.17, 15) is 8.42 Å². The molecule has 2 aliphatic rings. The molecule has 17 heavy (non-hydrogen) atoms. The topological polar surface area (TPSA) is 37.4 Å². The molecule has 2 unspecified atom stereocenters. The minimum Gasteiger partial charge on any atom is -0.212 e. The highest BCUT2D eigenvalue weighted by Gasteiger charge is 2.52. The van der Waals surface area contributed by atoms with E-state index in [1.54, 1.807) is 0 Å². The van der Waals surface area contributed by atoms with Crippen molar-refractivity contribution in [2.75, 3.05) is 12.3 Å². The van der Waals surface area contributed by atoms with Crippen LogP contribution in [0.2, 0.25) is 0 Å². The van der Waals surface area contributed by atoms with Gasteiger partial charge < -0.3 is 0 Å². The van der Waals surface area contributed by atoms with E-state index in [0.29, 0.717) is 12.2 Å². The van der Waals surface area contributed by atoms with Crippen LogP contribution >= 0.6 is 0 Å². The molecule has 100 valence electrons. The second kappa shape index (κ2) is 3.95. The van der Waals surface area contributed by atoms with E-state index in [2.05, 4.69) is 20.8 Å². The van der Waals surface area contributed by atoms with Gasteiger partial charge in [0.1, 0.15) is 0 Å². The molecular formula is C13H25NO2S. The Bertz CT molecular complexity index is 402. The zero-order valence-corrected chi connectivity index (χ0v) is 12.3. The van der Waals surface area contributed by atoms with Gasteiger partial charge in [0.2, 0.25) is 10.0 Å². The highest BCUT2D eigenvalue weighted by Crippen LogP contribution is 2.53. The molecule has 2 atom stereocenters. The van der Waals surface area contributed by atoms with Crippen molar-refractivity contribution in [3.05, 3.63) is 0 Å². The van der Waals surface area contributed by atoms with Crippen LogP contribution in [0.15, 0.2) is 0 Å². The monoisotopic (exact) mass is 259 g/mol. The summed E-state index contributed by atoms with van der Waals surface area (Å²) in [6, 6.07) is 0.250. The Hall–Kier alpha value is -0.0900. The summed E-state index contributed by atoms with van der Waals surface area (Å²) in [4.78, 5) is 0. The number of sulfonamides is 1. The molecule has 0 N–H and O–H groups in total. The molecule has 0 aromatic heterocycles. The fourth-order valence-corrected chi connectivity index (χ4v) is 5.97. The number of nitrogens with zero attached hydrogens (tertiary/aromatic N) is 1. The van der Waals surface area contributed by atoms with Crippen molar-refractivity contribution in [3.8, 4) is 0 Å². The van der Waals surface area contributed by atoms with Gasteiger partial charge in [0.25, 0.3) is 0 Å². The van der Waals surface area contributed by atoms with Crippen LogP contribution < -0.4 is 0 Å². The van der Waals surface area contributed by atoms with Crippen LogP contribution in [0.4, 0.5) is 0 Å². The fourth-order valence-electron chi connectivity index (χ4n) is 4.11. The number of rotatable bonds is 3. The molecule has 0 amide bonds. The quantitative estimate of drug-likeness (QED) is 0.781. The molecule has 0 spiro atoms. The molecular weight excluding hydrogens is 234 g/mol. The molecule has 4 heteroatoms. The lowest BCUT2D eigenvalue weighted by molar-refractivity contribution is 0.133. The molecule has 0 aromatic carbocycles. The smallest absolute Gasteiger partial charge is 0.212 e. The molecule has 1 heterocycles. The summed E-state index contributed by atoms with van der Waals surface area (Å²) < 4.78 is 26.3. The van der Waals surface area contributed by atoms with Crippen LogP contribution in [0.5, 0.6) is 0 Å². The van der Waals surface area contributed by atoms with Gasteiger partial charge in [-0.3, -0.25) is 0 Å². The van der Waals surface area contributed by atoms with Gasteiger partial charge in [-0.2, -0.15) is 4.31 Å². The van der Waals surface area contributed by atoms with Gasteiger partial charge in [-0.1, -0.05) is 27.7 Å². The Balaban J connectivity index is 2.25. The maximum absolute atomic E-state index is 12.3. The first-order valence-corrected chi connectivity index (χ1v) is 8.28. The lowest BCUT2D eigenvalue weighted by atomic mass is 9.65. The van der Waals surface area contributed by atoms with Crippen molar-refractivity contribution < 1.29 is 8.42 Å². The minimum absolute atomic E-state index is 0.202. The first kappa shape index (κ1) is 13.3. The summed E-state index contributed by atoms with van der Waals surface area (Å²) in [6.45, 7) is 9.47. The highest BCUT2D eigenvalue weighted by atomic mass is 32.2. The molecule has 1 aliphatic heterocycles. The van der Waals surface area contributed by atoms with E-state index in [0.717, 1.165) is 25.8 Å². The molecule has 2 bridgehead atoms. The van der Waals surface area contributed by atoms with E-state index < -0.39 is 10.0 Å². The second-order valence-corrected chi connectivity index (χ2v) is 9.12. The van der Waals surface area contributed by atoms with Gasteiger partial charge in [0.15, 0.2) is 0 Å². The molecule has 3 nitrogen and oxygen atoms in total. The van der Waals surface area contributed by atoms with E-state index in [1.165, 1.54) is 0 Å². The van der Waals surface area contributed by atoms with Gasteiger partial charge in [-0.25, -0.2) is 8.42 Å². The number of fused-ring (bicyclic) bond motifs is 2. The standard InChI is InChI=1S/C13H25NO2S/c1-5-6-17(15,16)14-10-13(4)8-11(14)7-12(2,3)9-13/h11H,5-10H2,1-4H3. The molecule has 1 saturated carbocycles. The van der Waals surface area contributed by atoms with E-state index in [1.807, 2.05) is 11.2 Å². The maximum atomic E-state index is 12.3. The fraction of sp³-hybridized carbons (Fsp3) is 1.00. The van der Waals surface area contributed by atoms with Crippen molar-refractivity contribution in [2.45, 2.75) is 59.4 Å². The van der Waals surface area contributed by atoms with Crippen molar-refractivity contribution in [1.82, 2.24) is 4.31 Å². The Kier molecular flexibility index (Phi) is 3.10. The molecule has 1 saturated heterocycles. The van der Waals surface area contributed by atoms with Crippen molar-refractivity contribution in [2.24, 2.45) is 10.8 Å². The van der Waals surface area contributed by atoms with Gasteiger partial charge in [-0.05, 0) is 36.5 Å². The van der Waals surface area contributed by atoms with Crippen LogP contribution in [0.1, 0.15) is 53.4 Å². The van der Waals surface area contributed by atoms with Gasteiger partial charge in [0.05, 0.1) is 5.75 Å². The van der Waals surface area contributed by atoms with E-state index in [-0.39, 0.29) is 16.9 Å². The predicted octanol–water partition coefficient (Wildman–Crippen LogP) is 2.63. The Morgan fingerprint density at radius 2 is 1.88 bits per heavy atom. The summed E-state index contributed by atoms with van der Waals surface area (Å²) in [5.74, 6) is 0.306. The summed E-state index contributed by atoms with van der Waals surface area (Å²) in [5.41, 5.74) is 0.487.